The predicted molar refractivity (Wildman–Crippen MR) is 68.8 cm³/mol. The first kappa shape index (κ1) is 14.1. The van der Waals surface area contributed by atoms with E-state index in [9.17, 15) is 18.0 Å². The van der Waals surface area contributed by atoms with Gasteiger partial charge in [0, 0.05) is 5.56 Å². The van der Waals surface area contributed by atoms with Crippen molar-refractivity contribution in [3.63, 3.8) is 0 Å². The molecule has 0 aliphatic heterocycles. The lowest BCUT2D eigenvalue weighted by Crippen LogP contribution is -2.07. The van der Waals surface area contributed by atoms with Crippen molar-refractivity contribution in [1.29, 1.82) is 0 Å². The van der Waals surface area contributed by atoms with Gasteiger partial charge in [-0.2, -0.15) is 13.2 Å². The number of halogens is 3. The summed E-state index contributed by atoms with van der Waals surface area (Å²) >= 11 is 0. The van der Waals surface area contributed by atoms with Crippen LogP contribution in [0.3, 0.4) is 0 Å². The molecule has 0 atom stereocenters. The molecule has 104 valence electrons. The Hall–Kier alpha value is -2.30. The normalized spacial score (nSPS) is 11.2. The fourth-order valence-electron chi connectivity index (χ4n) is 1.89. The maximum atomic E-state index is 13.0. The second kappa shape index (κ2) is 5.36. The van der Waals surface area contributed by atoms with E-state index < -0.39 is 11.7 Å². The van der Waals surface area contributed by atoms with Gasteiger partial charge in [-0.15, -0.1) is 0 Å². The van der Waals surface area contributed by atoms with Crippen molar-refractivity contribution in [2.75, 3.05) is 7.11 Å². The minimum atomic E-state index is -4.48. The molecule has 0 N–H and O–H groups in total. The van der Waals surface area contributed by atoms with Gasteiger partial charge in [-0.05, 0) is 35.4 Å². The van der Waals surface area contributed by atoms with Gasteiger partial charge in [0.25, 0.3) is 0 Å². The van der Waals surface area contributed by atoms with E-state index in [-0.39, 0.29) is 11.1 Å². The molecule has 0 bridgehead atoms. The van der Waals surface area contributed by atoms with E-state index in [2.05, 4.69) is 0 Å². The molecule has 0 heterocycles. The van der Waals surface area contributed by atoms with Gasteiger partial charge < -0.3 is 4.74 Å². The summed E-state index contributed by atoms with van der Waals surface area (Å²) in [5.74, 6) is 0.550. The Morgan fingerprint density at radius 1 is 1.05 bits per heavy atom. The molecule has 2 rings (SSSR count). The zero-order valence-electron chi connectivity index (χ0n) is 10.6. The molecule has 0 radical (unpaired) electrons. The Bertz CT molecular complexity index is 616. The number of methoxy groups -OCH3 is 1. The second-order valence-electron chi connectivity index (χ2n) is 4.15. The van der Waals surface area contributed by atoms with Gasteiger partial charge in [0.2, 0.25) is 0 Å². The molecule has 0 aromatic heterocycles. The number of carbonyl (C=O) groups is 1. The molecular weight excluding hydrogens is 269 g/mol. The van der Waals surface area contributed by atoms with E-state index in [0.717, 1.165) is 12.1 Å². The Kier molecular flexibility index (Phi) is 3.79. The number of ether oxygens (including phenoxy) is 1. The zero-order chi connectivity index (χ0) is 14.8. The number of alkyl halides is 3. The summed E-state index contributed by atoms with van der Waals surface area (Å²) in [5.41, 5.74) is -0.219. The van der Waals surface area contributed by atoms with Crippen LogP contribution in [-0.2, 0) is 6.18 Å². The highest BCUT2D eigenvalue weighted by Gasteiger charge is 2.33. The number of carbonyl (C=O) groups excluding carboxylic acids is 1. The van der Waals surface area contributed by atoms with Crippen molar-refractivity contribution in [1.82, 2.24) is 0 Å². The standard InChI is InChI=1S/C15H11F3O2/c1-20-12-5-3-11(4-6-12)13-8-10(9-19)2-7-14(13)15(16,17)18/h2-9H,1H3. The van der Waals surface area contributed by atoms with Crippen molar-refractivity contribution in [2.24, 2.45) is 0 Å². The van der Waals surface area contributed by atoms with E-state index in [0.29, 0.717) is 17.6 Å². The summed E-state index contributed by atoms with van der Waals surface area (Å²) in [6, 6.07) is 9.51. The summed E-state index contributed by atoms with van der Waals surface area (Å²) in [6.45, 7) is 0. The fourth-order valence-corrected chi connectivity index (χ4v) is 1.89. The number of hydrogen-bond acceptors (Lipinski definition) is 2. The van der Waals surface area contributed by atoms with Crippen LogP contribution >= 0.6 is 0 Å². The third kappa shape index (κ3) is 2.82. The summed E-state index contributed by atoms with van der Waals surface area (Å²) in [4.78, 5) is 10.8. The average molecular weight is 280 g/mol. The third-order valence-electron chi connectivity index (χ3n) is 2.89. The maximum absolute atomic E-state index is 13.0. The average Bonchev–Trinajstić information content (AvgIpc) is 2.45. The first-order valence-electron chi connectivity index (χ1n) is 5.76. The Balaban J connectivity index is 2.59. The van der Waals surface area contributed by atoms with E-state index in [1.807, 2.05) is 0 Å². The molecule has 0 fully saturated rings. The molecule has 5 heteroatoms. The lowest BCUT2D eigenvalue weighted by molar-refractivity contribution is -0.137. The van der Waals surface area contributed by atoms with Crippen LogP contribution < -0.4 is 4.74 Å². The van der Waals surface area contributed by atoms with Crippen LogP contribution in [-0.4, -0.2) is 13.4 Å². The largest absolute Gasteiger partial charge is 0.497 e. The van der Waals surface area contributed by atoms with E-state index in [1.54, 1.807) is 12.1 Å². The molecule has 0 amide bonds. The highest BCUT2D eigenvalue weighted by Crippen LogP contribution is 2.37. The van der Waals surface area contributed by atoms with Crippen LogP contribution in [0.25, 0.3) is 11.1 Å². The molecule has 0 saturated carbocycles. The van der Waals surface area contributed by atoms with Gasteiger partial charge in [-0.1, -0.05) is 18.2 Å². The molecule has 0 spiro atoms. The second-order valence-corrected chi connectivity index (χ2v) is 4.15. The molecule has 20 heavy (non-hydrogen) atoms. The summed E-state index contributed by atoms with van der Waals surface area (Å²) < 4.78 is 44.0. The van der Waals surface area contributed by atoms with Gasteiger partial charge in [0.1, 0.15) is 12.0 Å². The van der Waals surface area contributed by atoms with Crippen molar-refractivity contribution in [3.05, 3.63) is 53.6 Å². The molecule has 2 aromatic carbocycles. The Morgan fingerprint density at radius 3 is 2.20 bits per heavy atom. The molecule has 0 unspecified atom stereocenters. The Morgan fingerprint density at radius 2 is 1.70 bits per heavy atom. The first-order valence-corrected chi connectivity index (χ1v) is 5.76. The highest BCUT2D eigenvalue weighted by atomic mass is 19.4. The summed E-state index contributed by atoms with van der Waals surface area (Å²) in [6.07, 6.45) is -3.95. The van der Waals surface area contributed by atoms with E-state index in [1.165, 1.54) is 25.3 Å². The van der Waals surface area contributed by atoms with Crippen LogP contribution in [0, 0.1) is 0 Å². The van der Waals surface area contributed by atoms with Crippen molar-refractivity contribution < 1.29 is 22.7 Å². The smallest absolute Gasteiger partial charge is 0.417 e. The number of aldehydes is 1. The van der Waals surface area contributed by atoms with Gasteiger partial charge in [-0.3, -0.25) is 4.79 Å². The fraction of sp³-hybridized carbons (Fsp3) is 0.133. The molecule has 0 aliphatic carbocycles. The van der Waals surface area contributed by atoms with Gasteiger partial charge in [0.05, 0.1) is 12.7 Å². The minimum absolute atomic E-state index is 0.0234. The SMILES string of the molecule is COc1ccc(-c2cc(C=O)ccc2C(F)(F)F)cc1. The van der Waals surface area contributed by atoms with Crippen LogP contribution in [0.5, 0.6) is 5.75 Å². The zero-order valence-corrected chi connectivity index (χ0v) is 10.6. The number of hydrogen-bond donors (Lipinski definition) is 0. The monoisotopic (exact) mass is 280 g/mol. The molecular formula is C15H11F3O2. The highest BCUT2D eigenvalue weighted by molar-refractivity contribution is 5.80. The van der Waals surface area contributed by atoms with Crippen LogP contribution in [0.2, 0.25) is 0 Å². The van der Waals surface area contributed by atoms with Crippen molar-refractivity contribution >= 4 is 6.29 Å². The lowest BCUT2D eigenvalue weighted by Gasteiger charge is -2.14. The quantitative estimate of drug-likeness (QED) is 0.788. The van der Waals surface area contributed by atoms with Crippen LogP contribution in [0.1, 0.15) is 15.9 Å². The maximum Gasteiger partial charge on any atom is 0.417 e. The van der Waals surface area contributed by atoms with E-state index in [4.69, 9.17) is 4.74 Å². The summed E-state index contributed by atoms with van der Waals surface area (Å²) in [5, 5.41) is 0. The topological polar surface area (TPSA) is 26.3 Å². The minimum Gasteiger partial charge on any atom is -0.497 e. The predicted octanol–water partition coefficient (Wildman–Crippen LogP) is 4.19. The van der Waals surface area contributed by atoms with Gasteiger partial charge in [0.15, 0.2) is 0 Å². The van der Waals surface area contributed by atoms with E-state index >= 15 is 0 Å². The molecule has 0 saturated heterocycles. The molecule has 2 aromatic rings. The Labute approximate surface area is 113 Å². The van der Waals surface area contributed by atoms with Gasteiger partial charge in [-0.25, -0.2) is 0 Å². The van der Waals surface area contributed by atoms with Crippen LogP contribution in [0.4, 0.5) is 13.2 Å². The molecule has 0 aliphatic rings. The lowest BCUT2D eigenvalue weighted by atomic mass is 9.97. The van der Waals surface area contributed by atoms with Gasteiger partial charge >= 0.3 is 6.18 Å². The number of benzene rings is 2. The van der Waals surface area contributed by atoms with Crippen LogP contribution in [0.15, 0.2) is 42.5 Å². The number of rotatable bonds is 3. The van der Waals surface area contributed by atoms with Crippen molar-refractivity contribution in [3.8, 4) is 16.9 Å². The van der Waals surface area contributed by atoms with Crippen molar-refractivity contribution in [2.45, 2.75) is 6.18 Å². The summed E-state index contributed by atoms with van der Waals surface area (Å²) in [7, 11) is 1.48. The first-order chi connectivity index (χ1) is 9.45. The third-order valence-corrected chi connectivity index (χ3v) is 2.89. The molecule has 2 nitrogen and oxygen atoms in total.